The molecule has 0 spiro atoms. The van der Waals surface area contributed by atoms with E-state index in [-0.39, 0.29) is 5.41 Å². The SMILES string of the molecule is CCCC(CS)(CCC)COc1c(I)cc(I)cc1I. The molecule has 0 saturated carbocycles. The van der Waals surface area contributed by atoms with Crippen molar-refractivity contribution in [2.75, 3.05) is 12.4 Å². The first-order valence-electron chi connectivity index (χ1n) is 6.86. The summed E-state index contributed by atoms with van der Waals surface area (Å²) in [6.07, 6.45) is 4.74. The number of rotatable bonds is 8. The Labute approximate surface area is 169 Å². The molecule has 0 atom stereocenters. The molecule has 1 aromatic rings. The van der Waals surface area contributed by atoms with E-state index in [9.17, 15) is 0 Å². The lowest BCUT2D eigenvalue weighted by Crippen LogP contribution is -2.31. The van der Waals surface area contributed by atoms with Crippen LogP contribution in [0.15, 0.2) is 12.1 Å². The number of hydrogen-bond acceptors (Lipinski definition) is 2. The zero-order chi connectivity index (χ0) is 15.2. The molecular weight excluding hydrogens is 609 g/mol. The normalized spacial score (nSPS) is 11.7. The van der Waals surface area contributed by atoms with Crippen molar-refractivity contribution in [1.29, 1.82) is 0 Å². The van der Waals surface area contributed by atoms with Crippen LogP contribution in [0.1, 0.15) is 39.5 Å². The average molecular weight is 630 g/mol. The van der Waals surface area contributed by atoms with E-state index in [2.05, 4.69) is 106 Å². The summed E-state index contributed by atoms with van der Waals surface area (Å²) in [7, 11) is 0. The van der Waals surface area contributed by atoms with E-state index in [1.165, 1.54) is 36.4 Å². The van der Waals surface area contributed by atoms with Crippen molar-refractivity contribution in [3.8, 4) is 5.75 Å². The van der Waals surface area contributed by atoms with Gasteiger partial charge in [-0.05, 0) is 98.5 Å². The first kappa shape index (κ1) is 19.6. The predicted octanol–water partition coefficient (Wildman–Crippen LogP) is 6.40. The van der Waals surface area contributed by atoms with E-state index in [4.69, 9.17) is 4.74 Å². The van der Waals surface area contributed by atoms with E-state index >= 15 is 0 Å². The Bertz CT molecular complexity index is 408. The molecule has 0 unspecified atom stereocenters. The van der Waals surface area contributed by atoms with Crippen LogP contribution in [0.25, 0.3) is 0 Å². The van der Waals surface area contributed by atoms with Crippen LogP contribution >= 0.6 is 80.4 Å². The van der Waals surface area contributed by atoms with Gasteiger partial charge in [-0.15, -0.1) is 0 Å². The van der Waals surface area contributed by atoms with Crippen LogP contribution in [-0.2, 0) is 0 Å². The number of hydrogen-bond donors (Lipinski definition) is 1. The largest absolute Gasteiger partial charge is 0.491 e. The second-order valence-electron chi connectivity index (χ2n) is 5.15. The van der Waals surface area contributed by atoms with Crippen molar-refractivity contribution >= 4 is 80.4 Å². The lowest BCUT2D eigenvalue weighted by Gasteiger charge is -2.32. The van der Waals surface area contributed by atoms with Crippen LogP contribution in [0.3, 0.4) is 0 Å². The van der Waals surface area contributed by atoms with Gasteiger partial charge in [0.25, 0.3) is 0 Å². The minimum absolute atomic E-state index is 0.210. The summed E-state index contributed by atoms with van der Waals surface area (Å²) in [4.78, 5) is 0. The summed E-state index contributed by atoms with van der Waals surface area (Å²) in [6, 6.07) is 4.33. The molecule has 0 amide bonds. The van der Waals surface area contributed by atoms with Gasteiger partial charge in [-0.3, -0.25) is 0 Å². The van der Waals surface area contributed by atoms with E-state index in [0.29, 0.717) is 0 Å². The molecule has 0 aliphatic carbocycles. The number of halogens is 3. The third-order valence-corrected chi connectivity index (χ3v) is 6.28. The zero-order valence-electron chi connectivity index (χ0n) is 11.9. The monoisotopic (exact) mass is 630 g/mol. The highest BCUT2D eigenvalue weighted by Crippen LogP contribution is 2.35. The molecule has 0 aromatic heterocycles. The Balaban J connectivity index is 2.87. The summed E-state index contributed by atoms with van der Waals surface area (Å²) in [5.41, 5.74) is 0.210. The quantitative estimate of drug-likeness (QED) is 0.259. The topological polar surface area (TPSA) is 9.23 Å². The van der Waals surface area contributed by atoms with Crippen LogP contribution in [0, 0.1) is 16.1 Å². The van der Waals surface area contributed by atoms with Crippen LogP contribution in [0.5, 0.6) is 5.75 Å². The number of benzene rings is 1. The maximum absolute atomic E-state index is 6.22. The Hall–Kier alpha value is 1.56. The maximum Gasteiger partial charge on any atom is 0.146 e. The highest BCUT2D eigenvalue weighted by atomic mass is 127. The molecule has 0 bridgehead atoms. The van der Waals surface area contributed by atoms with Gasteiger partial charge in [-0.25, -0.2) is 0 Å². The minimum atomic E-state index is 0.210. The molecule has 5 heteroatoms. The number of ether oxygens (including phenoxy) is 1. The highest BCUT2D eigenvalue weighted by Gasteiger charge is 2.28. The minimum Gasteiger partial charge on any atom is -0.491 e. The molecule has 114 valence electrons. The van der Waals surface area contributed by atoms with E-state index in [0.717, 1.165) is 18.1 Å². The third kappa shape index (κ3) is 5.64. The first-order chi connectivity index (χ1) is 9.48. The van der Waals surface area contributed by atoms with Crippen molar-refractivity contribution < 1.29 is 4.74 Å². The van der Waals surface area contributed by atoms with Crippen molar-refractivity contribution in [1.82, 2.24) is 0 Å². The van der Waals surface area contributed by atoms with Gasteiger partial charge in [0.05, 0.1) is 13.7 Å². The third-order valence-electron chi connectivity index (χ3n) is 3.38. The van der Waals surface area contributed by atoms with E-state index in [1.807, 2.05) is 0 Å². The van der Waals surface area contributed by atoms with Gasteiger partial charge in [0.1, 0.15) is 5.75 Å². The van der Waals surface area contributed by atoms with E-state index < -0.39 is 0 Å². The first-order valence-corrected chi connectivity index (χ1v) is 10.7. The van der Waals surface area contributed by atoms with Crippen LogP contribution in [-0.4, -0.2) is 12.4 Å². The van der Waals surface area contributed by atoms with Gasteiger partial charge in [-0.2, -0.15) is 12.6 Å². The summed E-state index contributed by atoms with van der Waals surface area (Å²) < 4.78 is 9.86. The molecule has 0 saturated heterocycles. The van der Waals surface area contributed by atoms with Crippen molar-refractivity contribution in [3.05, 3.63) is 22.8 Å². The number of thiol groups is 1. The fourth-order valence-electron chi connectivity index (χ4n) is 2.43. The summed E-state index contributed by atoms with van der Waals surface area (Å²) in [6.45, 7) is 5.25. The van der Waals surface area contributed by atoms with Gasteiger partial charge in [0.15, 0.2) is 0 Å². The second kappa shape index (κ2) is 9.64. The molecular formula is C15H21I3OS. The summed E-state index contributed by atoms with van der Waals surface area (Å²) in [5, 5.41) is 0. The zero-order valence-corrected chi connectivity index (χ0v) is 19.3. The molecule has 0 aliphatic heterocycles. The van der Waals surface area contributed by atoms with Crippen LogP contribution in [0.4, 0.5) is 0 Å². The molecule has 0 heterocycles. The molecule has 0 N–H and O–H groups in total. The van der Waals surface area contributed by atoms with Crippen molar-refractivity contribution in [2.24, 2.45) is 5.41 Å². The fraction of sp³-hybridized carbons (Fsp3) is 0.600. The van der Waals surface area contributed by atoms with Gasteiger partial charge < -0.3 is 4.74 Å². The molecule has 20 heavy (non-hydrogen) atoms. The molecule has 1 aromatic carbocycles. The van der Waals surface area contributed by atoms with Crippen LogP contribution in [0.2, 0.25) is 0 Å². The summed E-state index contributed by atoms with van der Waals surface area (Å²) >= 11 is 11.7. The van der Waals surface area contributed by atoms with Crippen molar-refractivity contribution in [2.45, 2.75) is 39.5 Å². The van der Waals surface area contributed by atoms with Gasteiger partial charge in [-0.1, -0.05) is 26.7 Å². The van der Waals surface area contributed by atoms with Gasteiger partial charge in [0.2, 0.25) is 0 Å². The molecule has 0 aliphatic rings. The summed E-state index contributed by atoms with van der Waals surface area (Å²) in [5.74, 6) is 1.93. The standard InChI is InChI=1S/C15H21I3OS/c1-3-5-15(10-20,6-4-2)9-19-14-12(17)7-11(16)8-13(14)18/h7-8,20H,3-6,9-10H2,1-2H3. The lowest BCUT2D eigenvalue weighted by atomic mass is 9.82. The fourth-order valence-corrected chi connectivity index (χ4v) is 6.73. The lowest BCUT2D eigenvalue weighted by molar-refractivity contribution is 0.142. The Morgan fingerprint density at radius 1 is 1.05 bits per heavy atom. The Morgan fingerprint density at radius 3 is 1.95 bits per heavy atom. The van der Waals surface area contributed by atoms with Gasteiger partial charge in [0, 0.05) is 8.99 Å². The Kier molecular flexibility index (Phi) is 9.45. The van der Waals surface area contributed by atoms with Crippen LogP contribution < -0.4 is 4.74 Å². The molecule has 0 radical (unpaired) electrons. The second-order valence-corrected chi connectivity index (χ2v) is 9.03. The molecule has 0 fully saturated rings. The van der Waals surface area contributed by atoms with E-state index in [1.54, 1.807) is 0 Å². The van der Waals surface area contributed by atoms with Crippen molar-refractivity contribution in [3.63, 3.8) is 0 Å². The predicted molar refractivity (Wildman–Crippen MR) is 116 cm³/mol. The maximum atomic E-state index is 6.22. The van der Waals surface area contributed by atoms with Gasteiger partial charge >= 0.3 is 0 Å². The molecule has 1 rings (SSSR count). The average Bonchev–Trinajstić information content (AvgIpc) is 2.37. The molecule has 1 nitrogen and oxygen atoms in total. The highest BCUT2D eigenvalue weighted by molar-refractivity contribution is 14.1. The smallest absolute Gasteiger partial charge is 0.146 e. The Morgan fingerprint density at radius 2 is 1.55 bits per heavy atom.